The van der Waals surface area contributed by atoms with E-state index in [-0.39, 0.29) is 0 Å². The van der Waals surface area contributed by atoms with Crippen molar-refractivity contribution in [2.75, 3.05) is 0 Å². The van der Waals surface area contributed by atoms with Crippen LogP contribution in [0.4, 0.5) is 0 Å². The van der Waals surface area contributed by atoms with Gasteiger partial charge in [0.2, 0.25) is 0 Å². The van der Waals surface area contributed by atoms with Crippen molar-refractivity contribution >= 4 is 15.9 Å². The average Bonchev–Trinajstić information content (AvgIpc) is 2.73. The molecule has 0 heterocycles. The molecule has 0 aromatic rings. The Kier molecular flexibility index (Phi) is 22.1. The fraction of sp³-hybridized carbons (Fsp3) is 1.00. The highest BCUT2D eigenvalue weighted by molar-refractivity contribution is 9.10. The Balaban J connectivity index is 4.08. The molecule has 0 fully saturated rings. The van der Waals surface area contributed by atoms with Gasteiger partial charge in [-0.1, -0.05) is 159 Å². The molecule has 1 heteroatoms. The molecule has 0 amide bonds. The fourth-order valence-electron chi connectivity index (χ4n) is 4.82. The molecule has 0 aromatic heterocycles. The third-order valence-corrected chi connectivity index (χ3v) is 8.38. The number of rotatable bonds is 23. The van der Waals surface area contributed by atoms with Crippen LogP contribution in [0.3, 0.4) is 0 Å². The van der Waals surface area contributed by atoms with Crippen molar-refractivity contribution in [2.24, 2.45) is 5.92 Å². The van der Waals surface area contributed by atoms with Crippen molar-refractivity contribution in [3.63, 3.8) is 0 Å². The van der Waals surface area contributed by atoms with Crippen molar-refractivity contribution in [1.29, 1.82) is 0 Å². The lowest BCUT2D eigenvalue weighted by molar-refractivity contribution is 0.282. The molecule has 0 N–H and O–H groups in total. The molecule has 1 atom stereocenters. The zero-order valence-electron chi connectivity index (χ0n) is 21.0. The van der Waals surface area contributed by atoms with E-state index in [0.29, 0.717) is 4.32 Å². The van der Waals surface area contributed by atoms with Crippen LogP contribution >= 0.6 is 15.9 Å². The van der Waals surface area contributed by atoms with Gasteiger partial charge in [-0.15, -0.1) is 0 Å². The molecule has 0 aliphatic heterocycles. The van der Waals surface area contributed by atoms with E-state index in [1.165, 1.54) is 141 Å². The van der Waals surface area contributed by atoms with Crippen LogP contribution in [0.2, 0.25) is 0 Å². The second-order valence-electron chi connectivity index (χ2n) is 9.76. The molecule has 176 valence electrons. The monoisotopic (exact) mass is 472 g/mol. The van der Waals surface area contributed by atoms with Gasteiger partial charge in [0, 0.05) is 4.32 Å². The van der Waals surface area contributed by atoms with Crippen LogP contribution in [-0.2, 0) is 0 Å². The van der Waals surface area contributed by atoms with Gasteiger partial charge in [0.05, 0.1) is 0 Å². The summed E-state index contributed by atoms with van der Waals surface area (Å²) >= 11 is 4.32. The first kappa shape index (κ1) is 29.5. The van der Waals surface area contributed by atoms with E-state index >= 15 is 0 Å². The summed E-state index contributed by atoms with van der Waals surface area (Å²) in [5.41, 5.74) is 0. The molecule has 0 aliphatic carbocycles. The van der Waals surface area contributed by atoms with Gasteiger partial charge in [0.1, 0.15) is 0 Å². The Labute approximate surface area is 194 Å². The third kappa shape index (κ3) is 16.8. The highest BCUT2D eigenvalue weighted by atomic mass is 79.9. The number of alkyl halides is 1. The third-order valence-electron chi connectivity index (χ3n) is 6.94. The zero-order chi connectivity index (χ0) is 21.6. The van der Waals surface area contributed by atoms with Gasteiger partial charge in [-0.05, 0) is 31.6 Å². The summed E-state index contributed by atoms with van der Waals surface area (Å²) in [5, 5.41) is 0. The zero-order valence-corrected chi connectivity index (χ0v) is 22.6. The van der Waals surface area contributed by atoms with Crippen molar-refractivity contribution in [1.82, 2.24) is 0 Å². The maximum Gasteiger partial charge on any atom is 0.0286 e. The second-order valence-corrected chi connectivity index (χ2v) is 11.3. The van der Waals surface area contributed by atoms with Gasteiger partial charge in [0.15, 0.2) is 0 Å². The largest absolute Gasteiger partial charge is 0.0850 e. The Morgan fingerprint density at radius 2 is 0.793 bits per heavy atom. The first-order chi connectivity index (χ1) is 14.1. The van der Waals surface area contributed by atoms with Crippen molar-refractivity contribution in [3.8, 4) is 0 Å². The molecule has 0 spiro atoms. The summed E-state index contributed by atoms with van der Waals surface area (Å²) in [6.07, 6.45) is 31.3. The van der Waals surface area contributed by atoms with Crippen LogP contribution in [0, 0.1) is 5.92 Å². The van der Waals surface area contributed by atoms with Gasteiger partial charge in [0.25, 0.3) is 0 Å². The lowest BCUT2D eigenvalue weighted by Gasteiger charge is -2.37. The van der Waals surface area contributed by atoms with Crippen LogP contribution in [0.5, 0.6) is 0 Å². The van der Waals surface area contributed by atoms with Crippen LogP contribution in [0.25, 0.3) is 0 Å². The SMILES string of the molecule is CCCCCCCCCCCCCCC(CCCC)C(Br)(CCCC)CCCC. The molecule has 0 nitrogen and oxygen atoms in total. The van der Waals surface area contributed by atoms with Gasteiger partial charge in [-0.3, -0.25) is 0 Å². The molecule has 0 bridgehead atoms. The minimum atomic E-state index is 0.423. The maximum absolute atomic E-state index is 4.32. The van der Waals surface area contributed by atoms with E-state index in [9.17, 15) is 0 Å². The highest BCUT2D eigenvalue weighted by Gasteiger charge is 2.34. The standard InChI is InChI=1S/C28H57Br/c1-5-9-13-14-15-16-17-18-19-20-21-22-24-27(23-10-6-2)28(29,25-11-7-3)26-12-8-4/h27H,5-26H2,1-4H3. The van der Waals surface area contributed by atoms with Gasteiger partial charge >= 0.3 is 0 Å². The summed E-state index contributed by atoms with van der Waals surface area (Å²) in [6.45, 7) is 9.36. The Hall–Kier alpha value is 0.480. The maximum atomic E-state index is 4.32. The molecule has 0 aromatic carbocycles. The number of hydrogen-bond acceptors (Lipinski definition) is 0. The first-order valence-electron chi connectivity index (χ1n) is 13.8. The van der Waals surface area contributed by atoms with Crippen molar-refractivity contribution in [2.45, 2.75) is 173 Å². The molecule has 29 heavy (non-hydrogen) atoms. The van der Waals surface area contributed by atoms with E-state index in [0.717, 1.165) is 5.92 Å². The minimum absolute atomic E-state index is 0.423. The van der Waals surface area contributed by atoms with Gasteiger partial charge in [-0.2, -0.15) is 0 Å². The van der Waals surface area contributed by atoms with Crippen molar-refractivity contribution < 1.29 is 0 Å². The lowest BCUT2D eigenvalue weighted by atomic mass is 9.78. The predicted molar refractivity (Wildman–Crippen MR) is 139 cm³/mol. The van der Waals surface area contributed by atoms with Crippen LogP contribution in [0.15, 0.2) is 0 Å². The van der Waals surface area contributed by atoms with E-state index < -0.39 is 0 Å². The lowest BCUT2D eigenvalue weighted by Crippen LogP contribution is -2.32. The number of unbranched alkanes of at least 4 members (excludes halogenated alkanes) is 14. The highest BCUT2D eigenvalue weighted by Crippen LogP contribution is 2.43. The normalized spacial score (nSPS) is 13.1. The number of hydrogen-bond donors (Lipinski definition) is 0. The summed E-state index contributed by atoms with van der Waals surface area (Å²) in [7, 11) is 0. The molecule has 0 radical (unpaired) electrons. The Bertz CT molecular complexity index is 303. The second kappa shape index (κ2) is 21.7. The topological polar surface area (TPSA) is 0 Å². The fourth-order valence-corrected chi connectivity index (χ4v) is 5.84. The molecule has 0 rings (SSSR count). The Morgan fingerprint density at radius 3 is 1.21 bits per heavy atom. The molecular formula is C28H57Br. The smallest absolute Gasteiger partial charge is 0.0286 e. The van der Waals surface area contributed by atoms with Crippen LogP contribution in [0.1, 0.15) is 169 Å². The summed E-state index contributed by atoms with van der Waals surface area (Å²) in [6, 6.07) is 0. The average molecular weight is 474 g/mol. The molecule has 0 saturated heterocycles. The summed E-state index contributed by atoms with van der Waals surface area (Å²) in [4.78, 5) is 0. The quantitative estimate of drug-likeness (QED) is 0.102. The molecule has 0 aliphatic rings. The minimum Gasteiger partial charge on any atom is -0.0850 e. The van der Waals surface area contributed by atoms with E-state index in [4.69, 9.17) is 0 Å². The van der Waals surface area contributed by atoms with Gasteiger partial charge < -0.3 is 0 Å². The molecular weight excluding hydrogens is 416 g/mol. The van der Waals surface area contributed by atoms with E-state index in [1.54, 1.807) is 0 Å². The van der Waals surface area contributed by atoms with Crippen LogP contribution < -0.4 is 0 Å². The molecule has 0 saturated carbocycles. The Morgan fingerprint density at radius 1 is 0.448 bits per heavy atom. The predicted octanol–water partition coefficient (Wildman–Crippen LogP) is 11.4. The van der Waals surface area contributed by atoms with Crippen LogP contribution in [-0.4, -0.2) is 4.32 Å². The summed E-state index contributed by atoms with van der Waals surface area (Å²) < 4.78 is 0.423. The number of halogens is 1. The van der Waals surface area contributed by atoms with E-state index in [1.807, 2.05) is 0 Å². The van der Waals surface area contributed by atoms with E-state index in [2.05, 4.69) is 43.6 Å². The van der Waals surface area contributed by atoms with Crippen molar-refractivity contribution in [3.05, 3.63) is 0 Å². The summed E-state index contributed by atoms with van der Waals surface area (Å²) in [5.74, 6) is 0.892. The first-order valence-corrected chi connectivity index (χ1v) is 14.6. The van der Waals surface area contributed by atoms with Gasteiger partial charge in [-0.25, -0.2) is 0 Å². The molecule has 1 unspecified atom stereocenters.